The van der Waals surface area contributed by atoms with Crippen LogP contribution in [-0.2, 0) is 4.79 Å². The van der Waals surface area contributed by atoms with Crippen LogP contribution in [0.15, 0.2) is 46.3 Å². The number of benzene rings is 1. The molecule has 0 unspecified atom stereocenters. The molecule has 0 saturated carbocycles. The summed E-state index contributed by atoms with van der Waals surface area (Å²) in [5.74, 6) is 0.311. The fraction of sp³-hybridized carbons (Fsp3) is 0.353. The third-order valence-electron chi connectivity index (χ3n) is 3.60. The molecule has 20 heavy (non-hydrogen) atoms. The molecule has 1 aromatic rings. The van der Waals surface area contributed by atoms with Gasteiger partial charge in [-0.2, -0.15) is 0 Å². The molecular weight excluding hydrogens is 276 g/mol. The first-order valence-electron chi connectivity index (χ1n) is 7.19. The number of allylic oxidation sites excluding steroid dienone is 3. The van der Waals surface area contributed by atoms with E-state index in [0.29, 0.717) is 5.78 Å². The predicted octanol–water partition coefficient (Wildman–Crippen LogP) is 4.70. The number of carbonyl (C=O) groups excluding carboxylic acids is 1. The van der Waals surface area contributed by atoms with Crippen LogP contribution in [0.25, 0.3) is 6.08 Å². The van der Waals surface area contributed by atoms with Crippen LogP contribution in [0.1, 0.15) is 5.56 Å². The zero-order valence-corrected chi connectivity index (χ0v) is 15.4. The Bertz CT molecular complexity index is 596. The molecule has 0 N–H and O–H groups in total. The van der Waals surface area contributed by atoms with Gasteiger partial charge in [-0.25, -0.2) is 0 Å². The summed E-state index contributed by atoms with van der Waals surface area (Å²) >= 11 is 0. The molecule has 0 spiro atoms. The molecule has 0 amide bonds. The Balaban J connectivity index is 2.56. The van der Waals surface area contributed by atoms with Gasteiger partial charge in [0.1, 0.15) is 0 Å². The number of hydrogen-bond donors (Lipinski definition) is 0. The van der Waals surface area contributed by atoms with Gasteiger partial charge in [0, 0.05) is 5.57 Å². The second-order valence-electron chi connectivity index (χ2n) is 7.55. The molecule has 0 aliphatic heterocycles. The summed E-state index contributed by atoms with van der Waals surface area (Å²) in [7, 11) is -3.02. The van der Waals surface area contributed by atoms with E-state index >= 15 is 0 Å². The normalized spacial score (nSPS) is 18.5. The lowest BCUT2D eigenvalue weighted by Gasteiger charge is -2.39. The Labute approximate surface area is 124 Å². The van der Waals surface area contributed by atoms with E-state index in [4.69, 9.17) is 0 Å². The standard InChI is InChI=1S/C17H24OSi2/c1-19(2,3)16-14(12-13-10-8-7-9-11-13)15(18)17(16)20(4,5)6/h7-12H,1-6H3/b14-12+. The number of Topliss-reactive ketones (excluding diaryl/α,β-unsaturated/α-hetero) is 1. The minimum Gasteiger partial charge on any atom is -0.289 e. The van der Waals surface area contributed by atoms with E-state index in [2.05, 4.69) is 57.5 Å². The molecule has 2 rings (SSSR count). The smallest absolute Gasteiger partial charge is 0.184 e. The number of rotatable bonds is 3. The minimum absolute atomic E-state index is 0.311. The Kier molecular flexibility index (Phi) is 3.78. The number of hydrogen-bond acceptors (Lipinski definition) is 1. The van der Waals surface area contributed by atoms with E-state index in [1.54, 1.807) is 0 Å². The van der Waals surface area contributed by atoms with Gasteiger partial charge in [0.2, 0.25) is 0 Å². The minimum atomic E-state index is -1.54. The quantitative estimate of drug-likeness (QED) is 0.584. The van der Waals surface area contributed by atoms with Crippen molar-refractivity contribution in [3.05, 3.63) is 51.9 Å². The van der Waals surface area contributed by atoms with E-state index in [1.165, 1.54) is 10.4 Å². The van der Waals surface area contributed by atoms with Crippen molar-refractivity contribution in [3.8, 4) is 0 Å². The second-order valence-corrected chi connectivity index (χ2v) is 17.5. The zero-order chi connectivity index (χ0) is 15.1. The van der Waals surface area contributed by atoms with Crippen molar-refractivity contribution in [1.82, 2.24) is 0 Å². The summed E-state index contributed by atoms with van der Waals surface area (Å²) in [5, 5.41) is 2.62. The highest BCUT2D eigenvalue weighted by atomic mass is 28.3. The summed E-state index contributed by atoms with van der Waals surface area (Å²) in [4.78, 5) is 12.6. The first-order chi connectivity index (χ1) is 9.12. The maximum absolute atomic E-state index is 12.6. The van der Waals surface area contributed by atoms with Crippen molar-refractivity contribution in [2.75, 3.05) is 0 Å². The van der Waals surface area contributed by atoms with Gasteiger partial charge in [-0.05, 0) is 22.0 Å². The molecule has 0 aromatic heterocycles. The van der Waals surface area contributed by atoms with Crippen molar-refractivity contribution in [2.45, 2.75) is 39.3 Å². The SMILES string of the molecule is C[Si](C)(C)C1=C([Si](C)(C)C)/C(=C/c2ccccc2)C1=O. The zero-order valence-electron chi connectivity index (χ0n) is 13.4. The average molecular weight is 301 g/mol. The molecule has 0 bridgehead atoms. The van der Waals surface area contributed by atoms with Crippen LogP contribution >= 0.6 is 0 Å². The van der Waals surface area contributed by atoms with Gasteiger partial charge in [0.25, 0.3) is 0 Å². The average Bonchev–Trinajstić information content (AvgIpc) is 2.30. The maximum Gasteiger partial charge on any atom is 0.184 e. The molecule has 0 saturated heterocycles. The van der Waals surface area contributed by atoms with Gasteiger partial charge in [0.15, 0.2) is 5.78 Å². The molecule has 0 atom stereocenters. The van der Waals surface area contributed by atoms with Crippen molar-refractivity contribution in [3.63, 3.8) is 0 Å². The van der Waals surface area contributed by atoms with Gasteiger partial charge in [-0.15, -0.1) is 0 Å². The molecule has 1 aliphatic carbocycles. The fourth-order valence-corrected chi connectivity index (χ4v) is 8.59. The monoisotopic (exact) mass is 300 g/mol. The van der Waals surface area contributed by atoms with E-state index in [1.807, 2.05) is 18.2 Å². The van der Waals surface area contributed by atoms with E-state index in [-0.39, 0.29) is 0 Å². The molecule has 3 heteroatoms. The Morgan fingerprint density at radius 3 is 1.75 bits per heavy atom. The number of ketones is 1. The Morgan fingerprint density at radius 1 is 0.800 bits per heavy atom. The van der Waals surface area contributed by atoms with E-state index in [0.717, 1.165) is 11.1 Å². The lowest BCUT2D eigenvalue weighted by molar-refractivity contribution is -0.112. The highest BCUT2D eigenvalue weighted by molar-refractivity contribution is 6.96. The van der Waals surface area contributed by atoms with Crippen LogP contribution in [0.3, 0.4) is 0 Å². The summed E-state index contributed by atoms with van der Waals surface area (Å²) in [6, 6.07) is 10.2. The van der Waals surface area contributed by atoms with Gasteiger partial charge in [-0.3, -0.25) is 4.79 Å². The first kappa shape index (κ1) is 15.2. The van der Waals surface area contributed by atoms with Crippen LogP contribution in [0.2, 0.25) is 39.3 Å². The van der Waals surface area contributed by atoms with Gasteiger partial charge < -0.3 is 0 Å². The van der Waals surface area contributed by atoms with Gasteiger partial charge in [0.05, 0.1) is 16.1 Å². The van der Waals surface area contributed by atoms with Crippen molar-refractivity contribution in [2.24, 2.45) is 0 Å². The lowest BCUT2D eigenvalue weighted by Crippen LogP contribution is -2.46. The molecule has 0 fully saturated rings. The third kappa shape index (κ3) is 2.79. The summed E-state index contributed by atoms with van der Waals surface area (Å²) < 4.78 is 0. The highest BCUT2D eigenvalue weighted by Crippen LogP contribution is 2.42. The molecule has 1 nitrogen and oxygen atoms in total. The molecule has 0 heterocycles. The van der Waals surface area contributed by atoms with E-state index in [9.17, 15) is 4.79 Å². The van der Waals surface area contributed by atoms with Crippen molar-refractivity contribution >= 4 is 28.0 Å². The van der Waals surface area contributed by atoms with Crippen molar-refractivity contribution < 1.29 is 4.79 Å². The van der Waals surface area contributed by atoms with Crippen LogP contribution in [-0.4, -0.2) is 21.9 Å². The predicted molar refractivity (Wildman–Crippen MR) is 93.1 cm³/mol. The summed E-state index contributed by atoms with van der Waals surface area (Å²) in [5.41, 5.74) is 2.11. The second kappa shape index (κ2) is 4.97. The topological polar surface area (TPSA) is 17.1 Å². The number of carbonyl (C=O) groups is 1. The molecule has 1 aromatic carbocycles. The highest BCUT2D eigenvalue weighted by Gasteiger charge is 2.45. The molecule has 106 valence electrons. The van der Waals surface area contributed by atoms with Gasteiger partial charge >= 0.3 is 0 Å². The van der Waals surface area contributed by atoms with Crippen LogP contribution < -0.4 is 0 Å². The third-order valence-corrected chi connectivity index (χ3v) is 7.85. The largest absolute Gasteiger partial charge is 0.289 e. The fourth-order valence-electron chi connectivity index (χ4n) is 2.78. The van der Waals surface area contributed by atoms with Crippen LogP contribution in [0.5, 0.6) is 0 Å². The molecule has 1 aliphatic rings. The van der Waals surface area contributed by atoms with Crippen molar-refractivity contribution in [1.29, 1.82) is 0 Å². The Hall–Kier alpha value is -1.20. The first-order valence-corrected chi connectivity index (χ1v) is 14.2. The summed E-state index contributed by atoms with van der Waals surface area (Å²) in [6.45, 7) is 13.9. The molecular formula is C17H24OSi2. The van der Waals surface area contributed by atoms with Crippen LogP contribution in [0.4, 0.5) is 0 Å². The Morgan fingerprint density at radius 2 is 1.30 bits per heavy atom. The maximum atomic E-state index is 12.6. The van der Waals surface area contributed by atoms with Gasteiger partial charge in [-0.1, -0.05) is 69.6 Å². The summed E-state index contributed by atoms with van der Waals surface area (Å²) in [6.07, 6.45) is 2.08. The molecule has 0 radical (unpaired) electrons. The van der Waals surface area contributed by atoms with E-state index < -0.39 is 16.1 Å². The van der Waals surface area contributed by atoms with Crippen LogP contribution in [0, 0.1) is 0 Å². The lowest BCUT2D eigenvalue weighted by atomic mass is 9.97.